The van der Waals surface area contributed by atoms with Gasteiger partial charge in [-0.1, -0.05) is 54.1 Å². The Morgan fingerprint density at radius 2 is 1.63 bits per heavy atom. The van der Waals surface area contributed by atoms with Gasteiger partial charge in [-0.2, -0.15) is 0 Å². The second-order valence-corrected chi connectivity index (χ2v) is 7.65. The van der Waals surface area contributed by atoms with E-state index in [9.17, 15) is 14.6 Å². The van der Waals surface area contributed by atoms with Gasteiger partial charge in [0, 0.05) is 10.6 Å². The number of benzene rings is 3. The summed E-state index contributed by atoms with van der Waals surface area (Å²) in [7, 11) is 0. The number of hydrogen-bond donors (Lipinski definition) is 4. The summed E-state index contributed by atoms with van der Waals surface area (Å²) < 4.78 is 13.8. The van der Waals surface area contributed by atoms with E-state index in [1.54, 1.807) is 12.1 Å². The maximum Gasteiger partial charge on any atom is 0.123 e. The van der Waals surface area contributed by atoms with Crippen LogP contribution in [0.25, 0.3) is 0 Å². The summed E-state index contributed by atoms with van der Waals surface area (Å²) in [6.45, 7) is -0.404. The molecular formula is C24H22ClFN2O2. The number of rotatable bonds is 6. The summed E-state index contributed by atoms with van der Waals surface area (Å²) in [6, 6.07) is 19.8. The van der Waals surface area contributed by atoms with Crippen molar-refractivity contribution >= 4 is 23.0 Å². The third kappa shape index (κ3) is 4.33. The fourth-order valence-electron chi connectivity index (χ4n) is 3.63. The van der Waals surface area contributed by atoms with Crippen molar-refractivity contribution in [1.82, 2.24) is 0 Å². The molecule has 0 amide bonds. The molecule has 0 unspecified atom stereocenters. The molecule has 0 aliphatic carbocycles. The van der Waals surface area contributed by atoms with Gasteiger partial charge in [0.05, 0.1) is 18.0 Å². The van der Waals surface area contributed by atoms with Crippen LogP contribution in [0.3, 0.4) is 0 Å². The fraction of sp³-hybridized carbons (Fsp3) is 0.167. The molecule has 4 rings (SSSR count). The maximum atomic E-state index is 13.8. The molecule has 3 aromatic carbocycles. The van der Waals surface area contributed by atoms with E-state index in [2.05, 4.69) is 10.6 Å². The zero-order valence-corrected chi connectivity index (χ0v) is 17.0. The molecule has 30 heavy (non-hydrogen) atoms. The third-order valence-corrected chi connectivity index (χ3v) is 5.61. The van der Waals surface area contributed by atoms with Gasteiger partial charge in [-0.25, -0.2) is 4.39 Å². The van der Waals surface area contributed by atoms with Crippen LogP contribution in [0, 0.1) is 5.82 Å². The molecule has 0 saturated heterocycles. The van der Waals surface area contributed by atoms with Gasteiger partial charge in [0.15, 0.2) is 0 Å². The van der Waals surface area contributed by atoms with Crippen molar-refractivity contribution in [3.05, 3.63) is 106 Å². The number of aliphatic hydroxyl groups is 2. The van der Waals surface area contributed by atoms with Crippen LogP contribution < -0.4 is 10.6 Å². The number of nitrogens with one attached hydrogen (secondary N) is 2. The number of hydrogen-bond acceptors (Lipinski definition) is 4. The molecule has 1 heterocycles. The molecule has 154 valence electrons. The third-order valence-electron chi connectivity index (χ3n) is 5.15. The number of halogens is 2. The van der Waals surface area contributed by atoms with Gasteiger partial charge in [0.1, 0.15) is 17.7 Å². The van der Waals surface area contributed by atoms with Crippen LogP contribution in [-0.2, 0) is 12.8 Å². The molecule has 0 fully saturated rings. The Morgan fingerprint density at radius 3 is 2.30 bits per heavy atom. The van der Waals surface area contributed by atoms with Gasteiger partial charge < -0.3 is 20.8 Å². The average molecular weight is 425 g/mol. The molecular weight excluding hydrogens is 403 g/mol. The molecule has 0 saturated carbocycles. The first-order valence-electron chi connectivity index (χ1n) is 9.71. The van der Waals surface area contributed by atoms with Crippen molar-refractivity contribution in [3.8, 4) is 0 Å². The van der Waals surface area contributed by atoms with Crippen LogP contribution in [0.1, 0.15) is 22.8 Å². The van der Waals surface area contributed by atoms with E-state index in [-0.39, 0.29) is 5.82 Å². The van der Waals surface area contributed by atoms with Crippen molar-refractivity contribution in [1.29, 1.82) is 0 Å². The molecule has 4 nitrogen and oxygen atoms in total. The molecule has 0 radical (unpaired) electrons. The van der Waals surface area contributed by atoms with Crippen molar-refractivity contribution < 1.29 is 14.6 Å². The quantitative estimate of drug-likeness (QED) is 0.447. The zero-order chi connectivity index (χ0) is 21.1. The smallest absolute Gasteiger partial charge is 0.123 e. The van der Waals surface area contributed by atoms with Crippen LogP contribution in [0.4, 0.5) is 15.8 Å². The first-order chi connectivity index (χ1) is 14.5. The highest BCUT2D eigenvalue weighted by molar-refractivity contribution is 6.32. The van der Waals surface area contributed by atoms with E-state index < -0.39 is 12.7 Å². The standard InChI is InChI=1S/C24H22ClFN2O2/c25-23-16(6-4-8-19(23)22(30)14-29)13-17(11-15-5-3-7-18(26)12-15)24-27-20-9-1-2-10-21(20)28-24/h1-10,12,22,27-30H,11,13-14H2/t22-/m0/s1. The predicted molar refractivity (Wildman–Crippen MR) is 118 cm³/mol. The van der Waals surface area contributed by atoms with Crippen LogP contribution in [-0.4, -0.2) is 16.8 Å². The van der Waals surface area contributed by atoms with Crippen molar-refractivity contribution in [2.24, 2.45) is 0 Å². The summed E-state index contributed by atoms with van der Waals surface area (Å²) in [5.74, 6) is 0.559. The molecule has 1 aliphatic heterocycles. The first-order valence-corrected chi connectivity index (χ1v) is 10.1. The fourth-order valence-corrected chi connectivity index (χ4v) is 3.95. The SMILES string of the molecule is OC[C@H](O)c1cccc(CC(Cc2cccc(F)c2)=C2Nc3ccccc3N2)c1Cl. The monoisotopic (exact) mass is 424 g/mol. The Morgan fingerprint density at radius 1 is 0.933 bits per heavy atom. The van der Waals surface area contributed by atoms with E-state index in [0.29, 0.717) is 23.4 Å². The highest BCUT2D eigenvalue weighted by Crippen LogP contribution is 2.34. The van der Waals surface area contributed by atoms with Gasteiger partial charge in [0.25, 0.3) is 0 Å². The summed E-state index contributed by atoms with van der Waals surface area (Å²) >= 11 is 6.56. The summed E-state index contributed by atoms with van der Waals surface area (Å²) in [6.07, 6.45) is -0.0294. The molecule has 3 aromatic rings. The van der Waals surface area contributed by atoms with Crippen LogP contribution in [0.15, 0.2) is 78.1 Å². The summed E-state index contributed by atoms with van der Waals surface area (Å²) in [5, 5.41) is 26.6. The number of allylic oxidation sites excluding steroid dienone is 1. The van der Waals surface area contributed by atoms with Crippen molar-refractivity contribution in [2.75, 3.05) is 17.2 Å². The van der Waals surface area contributed by atoms with E-state index in [1.165, 1.54) is 12.1 Å². The number of aliphatic hydroxyl groups excluding tert-OH is 2. The number of para-hydroxylation sites is 2. The van der Waals surface area contributed by atoms with Gasteiger partial charge in [0.2, 0.25) is 0 Å². The molecule has 0 bridgehead atoms. The lowest BCUT2D eigenvalue weighted by Gasteiger charge is -2.17. The molecule has 6 heteroatoms. The van der Waals surface area contributed by atoms with E-state index in [1.807, 2.05) is 42.5 Å². The number of fused-ring (bicyclic) bond motifs is 1. The van der Waals surface area contributed by atoms with E-state index >= 15 is 0 Å². The second-order valence-electron chi connectivity index (χ2n) is 7.28. The minimum Gasteiger partial charge on any atom is -0.393 e. The highest BCUT2D eigenvalue weighted by atomic mass is 35.5. The molecule has 4 N–H and O–H groups in total. The van der Waals surface area contributed by atoms with Gasteiger partial charge in [-0.3, -0.25) is 0 Å². The molecule has 1 aliphatic rings. The largest absolute Gasteiger partial charge is 0.393 e. The van der Waals surface area contributed by atoms with Gasteiger partial charge >= 0.3 is 0 Å². The first kappa shape index (κ1) is 20.4. The normalized spacial score (nSPS) is 13.4. The lowest BCUT2D eigenvalue weighted by Crippen LogP contribution is -2.10. The minimum absolute atomic E-state index is 0.279. The van der Waals surface area contributed by atoms with E-state index in [0.717, 1.165) is 33.9 Å². The van der Waals surface area contributed by atoms with Crippen molar-refractivity contribution in [3.63, 3.8) is 0 Å². The summed E-state index contributed by atoms with van der Waals surface area (Å²) in [4.78, 5) is 0. The highest BCUT2D eigenvalue weighted by Gasteiger charge is 2.20. The van der Waals surface area contributed by atoms with Crippen LogP contribution in [0.2, 0.25) is 5.02 Å². The van der Waals surface area contributed by atoms with E-state index in [4.69, 9.17) is 11.6 Å². The number of anilines is 2. The Hall–Kier alpha value is -2.86. The van der Waals surface area contributed by atoms with Crippen molar-refractivity contribution in [2.45, 2.75) is 18.9 Å². The molecule has 1 atom stereocenters. The summed E-state index contributed by atoms with van der Waals surface area (Å²) in [5.41, 5.74) is 5.09. The Balaban J connectivity index is 1.71. The van der Waals surface area contributed by atoms with Crippen LogP contribution in [0.5, 0.6) is 0 Å². The lowest BCUT2D eigenvalue weighted by molar-refractivity contribution is 0.0956. The zero-order valence-electron chi connectivity index (χ0n) is 16.2. The van der Waals surface area contributed by atoms with Crippen LogP contribution >= 0.6 is 11.6 Å². The Labute approximate surface area is 179 Å². The van der Waals surface area contributed by atoms with Gasteiger partial charge in [-0.05, 0) is 53.8 Å². The Kier molecular flexibility index (Phi) is 6.04. The topological polar surface area (TPSA) is 64.5 Å². The maximum absolute atomic E-state index is 13.8. The minimum atomic E-state index is -1.04. The molecule has 0 aromatic heterocycles. The predicted octanol–water partition coefficient (Wildman–Crippen LogP) is 5.04. The second kappa shape index (κ2) is 8.88. The lowest BCUT2D eigenvalue weighted by atomic mass is 9.96. The average Bonchev–Trinajstić information content (AvgIpc) is 3.18. The molecule has 0 spiro atoms. The Bertz CT molecular complexity index is 1070. The van der Waals surface area contributed by atoms with Gasteiger partial charge in [-0.15, -0.1) is 0 Å².